The monoisotopic (exact) mass is 318 g/mol. The van der Waals surface area contributed by atoms with Crippen molar-refractivity contribution >= 4 is 21.9 Å². The molecule has 1 aliphatic heterocycles. The Morgan fingerprint density at radius 2 is 2.10 bits per heavy atom. The second-order valence-electron chi connectivity index (χ2n) is 4.47. The lowest BCUT2D eigenvalue weighted by Crippen LogP contribution is -2.37. The van der Waals surface area contributed by atoms with Gasteiger partial charge in [0.15, 0.2) is 0 Å². The molecule has 1 saturated heterocycles. The van der Waals surface area contributed by atoms with Gasteiger partial charge in [-0.3, -0.25) is 4.72 Å². The zero-order chi connectivity index (χ0) is 15.5. The number of hydrogen-bond acceptors (Lipinski definition) is 4. The molecule has 1 heterocycles. The largest absolute Gasteiger partial charge is 0.478 e. The highest BCUT2D eigenvalue weighted by molar-refractivity contribution is 7.90. The number of hydrogen-bond donors (Lipinski definition) is 2. The van der Waals surface area contributed by atoms with Gasteiger partial charge in [-0.2, -0.15) is 12.7 Å². The average molecular weight is 318 g/mol. The number of carboxylic acids is 1. The van der Waals surface area contributed by atoms with Crippen molar-refractivity contribution in [2.75, 3.05) is 31.0 Å². The van der Waals surface area contributed by atoms with E-state index in [0.717, 1.165) is 18.2 Å². The van der Waals surface area contributed by atoms with Crippen LogP contribution in [0.25, 0.3) is 0 Å². The molecule has 116 valence electrons. The fourth-order valence-corrected chi connectivity index (χ4v) is 3.22. The molecule has 9 heteroatoms. The lowest BCUT2D eigenvalue weighted by atomic mass is 10.2. The summed E-state index contributed by atoms with van der Waals surface area (Å²) in [5, 5.41) is 9.01. The molecule has 0 radical (unpaired) electrons. The Hall–Kier alpha value is -1.71. The highest BCUT2D eigenvalue weighted by atomic mass is 32.2. The molecule has 2 rings (SSSR count). The molecule has 1 aromatic carbocycles. The van der Waals surface area contributed by atoms with E-state index < -0.39 is 27.6 Å². The molecule has 0 spiro atoms. The Kier molecular flexibility index (Phi) is 4.76. The summed E-state index contributed by atoms with van der Waals surface area (Å²) >= 11 is 0. The predicted octanol–water partition coefficient (Wildman–Crippen LogP) is 0.903. The van der Waals surface area contributed by atoms with Crippen LogP contribution in [0.1, 0.15) is 16.8 Å². The third kappa shape index (κ3) is 3.90. The molecular weight excluding hydrogens is 303 g/mol. The van der Waals surface area contributed by atoms with Gasteiger partial charge in [0.25, 0.3) is 0 Å². The molecule has 0 atom stereocenters. The van der Waals surface area contributed by atoms with Gasteiger partial charge in [-0.05, 0) is 24.6 Å². The Morgan fingerprint density at radius 3 is 2.81 bits per heavy atom. The maximum atomic E-state index is 13.1. The molecule has 1 aliphatic rings. The molecule has 0 saturated carbocycles. The van der Waals surface area contributed by atoms with E-state index in [9.17, 15) is 17.6 Å². The van der Waals surface area contributed by atoms with E-state index in [2.05, 4.69) is 4.72 Å². The molecule has 1 fully saturated rings. The van der Waals surface area contributed by atoms with Gasteiger partial charge in [-0.1, -0.05) is 0 Å². The number of halogens is 1. The predicted molar refractivity (Wildman–Crippen MR) is 72.9 cm³/mol. The molecule has 0 unspecified atom stereocenters. The van der Waals surface area contributed by atoms with Crippen molar-refractivity contribution in [1.29, 1.82) is 0 Å². The van der Waals surface area contributed by atoms with E-state index >= 15 is 0 Å². The van der Waals surface area contributed by atoms with Crippen molar-refractivity contribution in [3.8, 4) is 0 Å². The number of aromatic carboxylic acids is 1. The maximum absolute atomic E-state index is 13.1. The molecule has 0 bridgehead atoms. The van der Waals surface area contributed by atoms with E-state index in [1.54, 1.807) is 0 Å². The van der Waals surface area contributed by atoms with Crippen LogP contribution in [0.4, 0.5) is 10.1 Å². The molecule has 0 aromatic heterocycles. The van der Waals surface area contributed by atoms with Crippen molar-refractivity contribution in [2.45, 2.75) is 6.42 Å². The summed E-state index contributed by atoms with van der Waals surface area (Å²) < 4.78 is 46.1. The van der Waals surface area contributed by atoms with Crippen LogP contribution < -0.4 is 4.72 Å². The molecule has 0 amide bonds. The average Bonchev–Trinajstić information content (AvgIpc) is 2.70. The Bertz CT molecular complexity index is 627. The van der Waals surface area contributed by atoms with E-state index in [-0.39, 0.29) is 25.4 Å². The number of nitrogens with zero attached hydrogens (tertiary/aromatic N) is 1. The molecule has 0 aliphatic carbocycles. The fraction of sp³-hybridized carbons (Fsp3) is 0.417. The van der Waals surface area contributed by atoms with Gasteiger partial charge in [0.1, 0.15) is 5.82 Å². The summed E-state index contributed by atoms with van der Waals surface area (Å²) in [6.45, 7) is 1.21. The van der Waals surface area contributed by atoms with Gasteiger partial charge >= 0.3 is 16.2 Å². The van der Waals surface area contributed by atoms with Crippen LogP contribution in [-0.4, -0.2) is 50.1 Å². The summed E-state index contributed by atoms with van der Waals surface area (Å²) in [6, 6.07) is 2.85. The second-order valence-corrected chi connectivity index (χ2v) is 6.14. The van der Waals surface area contributed by atoms with E-state index in [1.807, 2.05) is 0 Å². The Morgan fingerprint density at radius 1 is 1.33 bits per heavy atom. The first-order valence-corrected chi connectivity index (χ1v) is 7.72. The maximum Gasteiger partial charge on any atom is 0.337 e. The second kappa shape index (κ2) is 6.37. The van der Waals surface area contributed by atoms with E-state index in [0.29, 0.717) is 13.0 Å². The van der Waals surface area contributed by atoms with Gasteiger partial charge in [0.2, 0.25) is 0 Å². The number of anilines is 1. The standard InChI is InChI=1S/C12H15FN2O5S/c13-9-2-3-11(10(8-9)12(16)17)14-21(18,19)15-4-1-6-20-7-5-15/h2-3,8,14H,1,4-7H2,(H,16,17). The van der Waals surface area contributed by atoms with Crippen LogP contribution in [0, 0.1) is 5.82 Å². The summed E-state index contributed by atoms with van der Waals surface area (Å²) in [5.74, 6) is -2.16. The third-order valence-electron chi connectivity index (χ3n) is 2.97. The summed E-state index contributed by atoms with van der Waals surface area (Å²) in [6.07, 6.45) is 0.552. The van der Waals surface area contributed by atoms with Gasteiger partial charge in [0.05, 0.1) is 17.9 Å². The first kappa shape index (κ1) is 15.7. The van der Waals surface area contributed by atoms with Gasteiger partial charge in [-0.25, -0.2) is 9.18 Å². The number of ether oxygens (including phenoxy) is 1. The van der Waals surface area contributed by atoms with Crippen LogP contribution in [-0.2, 0) is 14.9 Å². The SMILES string of the molecule is O=C(O)c1cc(F)ccc1NS(=O)(=O)N1CCCOCC1. The Balaban J connectivity index is 2.25. The van der Waals surface area contributed by atoms with E-state index in [1.165, 1.54) is 4.31 Å². The minimum Gasteiger partial charge on any atom is -0.478 e. The van der Waals surface area contributed by atoms with Crippen molar-refractivity contribution in [3.63, 3.8) is 0 Å². The lowest BCUT2D eigenvalue weighted by Gasteiger charge is -2.20. The van der Waals surface area contributed by atoms with Crippen molar-refractivity contribution in [1.82, 2.24) is 4.31 Å². The van der Waals surface area contributed by atoms with Crippen LogP contribution in [0.5, 0.6) is 0 Å². The lowest BCUT2D eigenvalue weighted by molar-refractivity contribution is 0.0697. The van der Waals surface area contributed by atoms with Crippen LogP contribution in [0.2, 0.25) is 0 Å². The number of carbonyl (C=O) groups is 1. The van der Waals surface area contributed by atoms with Crippen LogP contribution in [0.3, 0.4) is 0 Å². The van der Waals surface area contributed by atoms with Crippen LogP contribution >= 0.6 is 0 Å². The van der Waals surface area contributed by atoms with Crippen molar-refractivity contribution < 1.29 is 27.4 Å². The van der Waals surface area contributed by atoms with Crippen molar-refractivity contribution in [2.24, 2.45) is 0 Å². The minimum absolute atomic E-state index is 0.172. The third-order valence-corrected chi connectivity index (χ3v) is 4.49. The number of carboxylic acid groups (broad SMARTS) is 1. The smallest absolute Gasteiger partial charge is 0.337 e. The first-order valence-electron chi connectivity index (χ1n) is 6.28. The van der Waals surface area contributed by atoms with Gasteiger partial charge in [-0.15, -0.1) is 0 Å². The molecule has 2 N–H and O–H groups in total. The summed E-state index contributed by atoms with van der Waals surface area (Å²) in [4.78, 5) is 11.1. The summed E-state index contributed by atoms with van der Waals surface area (Å²) in [5.41, 5.74) is -0.612. The van der Waals surface area contributed by atoms with Gasteiger partial charge < -0.3 is 9.84 Å². The van der Waals surface area contributed by atoms with E-state index in [4.69, 9.17) is 9.84 Å². The zero-order valence-electron chi connectivity index (χ0n) is 11.1. The highest BCUT2D eigenvalue weighted by Gasteiger charge is 2.25. The topological polar surface area (TPSA) is 95.9 Å². The van der Waals surface area contributed by atoms with Crippen LogP contribution in [0.15, 0.2) is 18.2 Å². The highest BCUT2D eigenvalue weighted by Crippen LogP contribution is 2.20. The quantitative estimate of drug-likeness (QED) is 0.860. The minimum atomic E-state index is -3.91. The number of rotatable bonds is 4. The molecule has 1 aromatic rings. The molecule has 21 heavy (non-hydrogen) atoms. The number of nitrogens with one attached hydrogen (secondary N) is 1. The Labute approximate surface area is 121 Å². The molecular formula is C12H15FN2O5S. The number of benzene rings is 1. The normalized spacial score (nSPS) is 17.2. The molecule has 7 nitrogen and oxygen atoms in total. The first-order chi connectivity index (χ1) is 9.90. The summed E-state index contributed by atoms with van der Waals surface area (Å²) in [7, 11) is -3.91. The van der Waals surface area contributed by atoms with Gasteiger partial charge in [0, 0.05) is 19.7 Å². The zero-order valence-corrected chi connectivity index (χ0v) is 11.9. The fourth-order valence-electron chi connectivity index (χ4n) is 1.95. The van der Waals surface area contributed by atoms with Crippen molar-refractivity contribution in [3.05, 3.63) is 29.6 Å².